The normalized spacial score (nSPS) is 22.5. The molecule has 2 aromatic carbocycles. The van der Waals surface area contributed by atoms with Gasteiger partial charge in [-0.1, -0.05) is 18.2 Å². The summed E-state index contributed by atoms with van der Waals surface area (Å²) >= 11 is 3.41. The predicted octanol–water partition coefficient (Wildman–Crippen LogP) is 1.68. The van der Waals surface area contributed by atoms with Crippen LogP contribution < -0.4 is 20.9 Å². The van der Waals surface area contributed by atoms with Crippen LogP contribution in [-0.4, -0.2) is 130 Å². The van der Waals surface area contributed by atoms with Crippen LogP contribution in [0.15, 0.2) is 57.9 Å². The number of anilines is 1. The minimum absolute atomic E-state index is 0.0145. The fourth-order valence-corrected chi connectivity index (χ4v) is 8.11. The molecule has 16 heteroatoms. The molecule has 5 heterocycles. The molecule has 1 aromatic heterocycles. The van der Waals surface area contributed by atoms with Crippen molar-refractivity contribution in [1.29, 1.82) is 0 Å². The van der Waals surface area contributed by atoms with Crippen LogP contribution in [-0.2, 0) is 16.6 Å². The Morgan fingerprint density at radius 3 is 2.47 bits per heavy atom. The summed E-state index contributed by atoms with van der Waals surface area (Å²) in [6.07, 6.45) is 2.66. The molecule has 2 N–H and O–H groups in total. The molecule has 0 saturated carbocycles. The first-order valence-corrected chi connectivity index (χ1v) is 18.5. The van der Waals surface area contributed by atoms with Crippen molar-refractivity contribution in [3.05, 3.63) is 85.7 Å². The summed E-state index contributed by atoms with van der Waals surface area (Å²) in [4.78, 5) is 83.5. The molecule has 3 atom stereocenters. The number of piperazine rings is 1. The van der Waals surface area contributed by atoms with Crippen LogP contribution in [0.4, 0.5) is 5.69 Å². The van der Waals surface area contributed by atoms with Crippen molar-refractivity contribution in [2.75, 3.05) is 64.8 Å². The second-order valence-electron chi connectivity index (χ2n) is 14.0. The van der Waals surface area contributed by atoms with Gasteiger partial charge < -0.3 is 19.9 Å². The molecule has 53 heavy (non-hydrogen) atoms. The highest BCUT2D eigenvalue weighted by atomic mass is 79.9. The molecule has 7 rings (SSSR count). The number of aromatic nitrogens is 2. The van der Waals surface area contributed by atoms with Crippen LogP contribution in [0, 0.1) is 0 Å². The molecular weight excluding hydrogens is 748 g/mol. The summed E-state index contributed by atoms with van der Waals surface area (Å²) < 4.78 is 7.76. The van der Waals surface area contributed by atoms with Crippen LogP contribution in [0.1, 0.15) is 61.8 Å². The Morgan fingerprint density at radius 2 is 1.74 bits per heavy atom. The molecule has 15 nitrogen and oxygen atoms in total. The number of imide groups is 2. The highest BCUT2D eigenvalue weighted by molar-refractivity contribution is 9.10. The second-order valence-corrected chi connectivity index (χ2v) is 14.8. The zero-order chi connectivity index (χ0) is 37.4. The number of piperidine rings is 2. The van der Waals surface area contributed by atoms with Crippen LogP contribution in [0.2, 0.25) is 0 Å². The van der Waals surface area contributed by atoms with E-state index in [0.717, 1.165) is 30.0 Å². The number of amides is 5. The highest BCUT2D eigenvalue weighted by Gasteiger charge is 2.46. The van der Waals surface area contributed by atoms with Crippen molar-refractivity contribution in [1.82, 2.24) is 34.7 Å². The van der Waals surface area contributed by atoms with Gasteiger partial charge in [0.25, 0.3) is 23.3 Å². The third kappa shape index (κ3) is 7.48. The molecule has 4 aliphatic rings. The lowest BCUT2D eigenvalue weighted by molar-refractivity contribution is -0.136. The van der Waals surface area contributed by atoms with Gasteiger partial charge in [0.2, 0.25) is 11.8 Å². The average molecular weight is 790 g/mol. The Kier molecular flexibility index (Phi) is 10.4. The number of carbonyl (C=O) groups excluding carboxylic acids is 5. The fourth-order valence-electron chi connectivity index (χ4n) is 7.64. The maximum Gasteiger partial charge on any atom is 0.282 e. The molecule has 5 amide bonds. The lowest BCUT2D eigenvalue weighted by Crippen LogP contribution is -2.54. The SMILES string of the molecule is CN1C[C@H](Nc2cnn(C)c(=O)c2Br)C[C@H](c2ccc(C(=O)N3CCN(CCOc4cccc5c4C(=O)N(C4CCC(=O)NC4=O)C5=O)CC3)cc2)C1. The molecule has 3 aromatic rings. The first kappa shape index (κ1) is 36.4. The number of hydrogen-bond donors (Lipinski definition) is 2. The first-order valence-electron chi connectivity index (χ1n) is 17.7. The van der Waals surface area contributed by atoms with Crippen LogP contribution >= 0.6 is 15.9 Å². The molecule has 3 saturated heterocycles. The lowest BCUT2D eigenvalue weighted by Gasteiger charge is -2.37. The molecule has 4 aliphatic heterocycles. The molecule has 1 unspecified atom stereocenters. The number of rotatable bonds is 9. The van der Waals surface area contributed by atoms with E-state index in [4.69, 9.17) is 4.74 Å². The van der Waals surface area contributed by atoms with E-state index >= 15 is 0 Å². The van der Waals surface area contributed by atoms with Gasteiger partial charge in [-0.3, -0.25) is 43.9 Å². The maximum atomic E-state index is 13.4. The number of ether oxygens (including phenoxy) is 1. The van der Waals surface area contributed by atoms with E-state index in [1.807, 2.05) is 29.2 Å². The van der Waals surface area contributed by atoms with Gasteiger partial charge in [0.1, 0.15) is 22.9 Å². The number of hydrogen-bond acceptors (Lipinski definition) is 11. The van der Waals surface area contributed by atoms with Gasteiger partial charge in [-0.15, -0.1) is 0 Å². The summed E-state index contributed by atoms with van der Waals surface area (Å²) in [5.41, 5.74) is 2.58. The number of aryl methyl sites for hydroxylation is 1. The minimum atomic E-state index is -1.04. The third-order valence-corrected chi connectivity index (χ3v) is 11.2. The molecule has 0 radical (unpaired) electrons. The van der Waals surface area contributed by atoms with Gasteiger partial charge in [0, 0.05) is 70.9 Å². The Morgan fingerprint density at radius 1 is 0.981 bits per heavy atom. The fraction of sp³-hybridized carbons (Fsp3) is 0.432. The summed E-state index contributed by atoms with van der Waals surface area (Å²) in [6.45, 7) is 4.95. The largest absolute Gasteiger partial charge is 0.491 e. The topological polar surface area (TPSA) is 166 Å². The Labute approximate surface area is 314 Å². The summed E-state index contributed by atoms with van der Waals surface area (Å²) in [7, 11) is 3.70. The van der Waals surface area contributed by atoms with E-state index in [0.29, 0.717) is 48.4 Å². The van der Waals surface area contributed by atoms with Crippen LogP contribution in [0.3, 0.4) is 0 Å². The van der Waals surface area contributed by atoms with E-state index in [1.54, 1.807) is 25.4 Å². The standard InChI is InChI=1S/C37H41BrN8O7/c1-42-20-24(18-25(21-42)40-27-19-39-43(2)37(52)32(27)38)22-6-8-23(9-7-22)34(49)45-14-12-44(13-15-45)16-17-53-29-5-3-4-26-31(29)36(51)46(35(26)50)28-10-11-30(47)41-33(28)48/h3-9,19,24-25,28,40H,10-18,20-21H2,1-2H3,(H,41,47,48)/t24-,25+,28?/m0/s1. The van der Waals surface area contributed by atoms with Gasteiger partial charge in [-0.25, -0.2) is 4.68 Å². The van der Waals surface area contributed by atoms with Gasteiger partial charge >= 0.3 is 0 Å². The zero-order valence-corrected chi connectivity index (χ0v) is 31.1. The maximum absolute atomic E-state index is 13.4. The van der Waals surface area contributed by atoms with Crippen LogP contribution in [0.25, 0.3) is 0 Å². The quantitative estimate of drug-likeness (QED) is 0.303. The van der Waals surface area contributed by atoms with E-state index < -0.39 is 29.7 Å². The predicted molar refractivity (Wildman–Crippen MR) is 197 cm³/mol. The molecule has 0 aliphatic carbocycles. The average Bonchev–Trinajstić information content (AvgIpc) is 3.41. The van der Waals surface area contributed by atoms with Crippen molar-refractivity contribution in [2.24, 2.45) is 7.05 Å². The molecule has 0 spiro atoms. The number of likely N-dealkylation sites (tertiary alicyclic amines) is 1. The van der Waals surface area contributed by atoms with Crippen molar-refractivity contribution in [3.8, 4) is 5.75 Å². The highest BCUT2D eigenvalue weighted by Crippen LogP contribution is 2.34. The summed E-state index contributed by atoms with van der Waals surface area (Å²) in [5, 5.41) is 9.84. The number of nitrogens with one attached hydrogen (secondary N) is 2. The lowest BCUT2D eigenvalue weighted by atomic mass is 9.87. The number of benzene rings is 2. The Bertz CT molecular complexity index is 2010. The Hall–Kier alpha value is -4.93. The van der Waals surface area contributed by atoms with E-state index in [2.05, 4.69) is 48.5 Å². The summed E-state index contributed by atoms with van der Waals surface area (Å²) in [5.74, 6) is -1.76. The van der Waals surface area contributed by atoms with E-state index in [-0.39, 0.29) is 59.8 Å². The Balaban J connectivity index is 0.894. The molecule has 278 valence electrons. The van der Waals surface area contributed by atoms with E-state index in [1.165, 1.54) is 10.7 Å². The van der Waals surface area contributed by atoms with Gasteiger partial charge in [0.15, 0.2) is 0 Å². The summed E-state index contributed by atoms with van der Waals surface area (Å²) in [6, 6.07) is 11.8. The molecule has 0 bridgehead atoms. The number of nitrogens with zero attached hydrogens (tertiary/aromatic N) is 6. The third-order valence-electron chi connectivity index (χ3n) is 10.5. The van der Waals surface area contributed by atoms with Gasteiger partial charge in [0.05, 0.1) is 23.0 Å². The van der Waals surface area contributed by atoms with E-state index in [9.17, 15) is 28.8 Å². The van der Waals surface area contributed by atoms with Gasteiger partial charge in [-0.2, -0.15) is 5.10 Å². The van der Waals surface area contributed by atoms with Crippen molar-refractivity contribution in [3.63, 3.8) is 0 Å². The second kappa shape index (κ2) is 15.2. The van der Waals surface area contributed by atoms with Crippen LogP contribution in [0.5, 0.6) is 5.75 Å². The monoisotopic (exact) mass is 788 g/mol. The number of halogens is 1. The number of likely N-dealkylation sites (N-methyl/N-ethyl adjacent to an activating group) is 1. The number of fused-ring (bicyclic) bond motifs is 1. The van der Waals surface area contributed by atoms with Gasteiger partial charge in [-0.05, 0) is 71.6 Å². The van der Waals surface area contributed by atoms with Crippen molar-refractivity contribution < 1.29 is 28.7 Å². The molecule has 3 fully saturated rings. The minimum Gasteiger partial charge on any atom is -0.491 e. The molecular formula is C37H41BrN8O7. The zero-order valence-electron chi connectivity index (χ0n) is 29.5. The van der Waals surface area contributed by atoms with Crippen molar-refractivity contribution in [2.45, 2.75) is 37.3 Å². The smallest absolute Gasteiger partial charge is 0.282 e. The number of carbonyl (C=O) groups is 5. The first-order chi connectivity index (χ1) is 25.5. The van der Waals surface area contributed by atoms with Crippen molar-refractivity contribution >= 4 is 51.2 Å².